The van der Waals surface area contributed by atoms with Gasteiger partial charge in [-0.2, -0.15) is 5.26 Å². The first-order valence-electron chi connectivity index (χ1n) is 7.71. The van der Waals surface area contributed by atoms with Gasteiger partial charge in [0.05, 0.1) is 11.3 Å². The van der Waals surface area contributed by atoms with Crippen LogP contribution in [0.4, 0.5) is 5.69 Å². The lowest BCUT2D eigenvalue weighted by Gasteiger charge is -2.14. The summed E-state index contributed by atoms with van der Waals surface area (Å²) < 4.78 is 10.2. The number of amides is 1. The standard InChI is InChI=1S/C19H16N2O5/c1-13(19(24)21-17-5-3-2-4-15(17)10-20)26-18(23)12-25-16-8-6-14(11-22)7-9-16/h2-9,11,13H,12H2,1H3,(H,21,24)/t13-/m1/s1. The third-order valence-corrected chi connectivity index (χ3v) is 3.36. The first-order chi connectivity index (χ1) is 12.5. The van der Waals surface area contributed by atoms with Crippen LogP contribution in [0.3, 0.4) is 0 Å². The van der Waals surface area contributed by atoms with Gasteiger partial charge in [0.2, 0.25) is 0 Å². The molecule has 7 heteroatoms. The maximum atomic E-state index is 12.1. The van der Waals surface area contributed by atoms with Crippen molar-refractivity contribution < 1.29 is 23.9 Å². The third kappa shape index (κ3) is 5.18. The number of nitrogens with zero attached hydrogens (tertiary/aromatic N) is 1. The zero-order chi connectivity index (χ0) is 18.9. The summed E-state index contributed by atoms with van der Waals surface area (Å²) in [4.78, 5) is 34.5. The van der Waals surface area contributed by atoms with Crippen molar-refractivity contribution >= 4 is 23.9 Å². The molecule has 0 aliphatic carbocycles. The highest BCUT2D eigenvalue weighted by Crippen LogP contribution is 2.14. The maximum absolute atomic E-state index is 12.1. The van der Waals surface area contributed by atoms with E-state index in [0.717, 1.165) is 0 Å². The van der Waals surface area contributed by atoms with Crippen molar-refractivity contribution in [3.63, 3.8) is 0 Å². The van der Waals surface area contributed by atoms with E-state index in [9.17, 15) is 14.4 Å². The van der Waals surface area contributed by atoms with Crippen LogP contribution in [0.15, 0.2) is 48.5 Å². The molecule has 1 N–H and O–H groups in total. The predicted molar refractivity (Wildman–Crippen MR) is 92.7 cm³/mol. The van der Waals surface area contributed by atoms with E-state index in [-0.39, 0.29) is 6.61 Å². The molecule has 0 aliphatic heterocycles. The van der Waals surface area contributed by atoms with Crippen molar-refractivity contribution in [3.8, 4) is 11.8 Å². The van der Waals surface area contributed by atoms with Gasteiger partial charge >= 0.3 is 5.97 Å². The summed E-state index contributed by atoms with van der Waals surface area (Å²) in [5.41, 5.74) is 1.14. The minimum Gasteiger partial charge on any atom is -0.482 e. The molecule has 132 valence electrons. The second-order valence-corrected chi connectivity index (χ2v) is 5.25. The molecule has 0 spiro atoms. The van der Waals surface area contributed by atoms with Gasteiger partial charge in [-0.05, 0) is 43.3 Å². The first kappa shape index (κ1) is 18.7. The van der Waals surface area contributed by atoms with Crippen molar-refractivity contribution in [2.75, 3.05) is 11.9 Å². The van der Waals surface area contributed by atoms with Crippen LogP contribution in [0.1, 0.15) is 22.8 Å². The quantitative estimate of drug-likeness (QED) is 0.605. The number of nitriles is 1. The fraction of sp³-hybridized carbons (Fsp3) is 0.158. The maximum Gasteiger partial charge on any atom is 0.344 e. The van der Waals surface area contributed by atoms with Crippen molar-refractivity contribution in [3.05, 3.63) is 59.7 Å². The topological polar surface area (TPSA) is 105 Å². The number of para-hydroxylation sites is 1. The Balaban J connectivity index is 1.84. The van der Waals surface area contributed by atoms with E-state index < -0.39 is 18.0 Å². The van der Waals surface area contributed by atoms with Gasteiger partial charge in [-0.1, -0.05) is 12.1 Å². The number of carbonyl (C=O) groups is 3. The van der Waals surface area contributed by atoms with Crippen molar-refractivity contribution in [1.29, 1.82) is 5.26 Å². The van der Waals surface area contributed by atoms with Gasteiger partial charge < -0.3 is 14.8 Å². The number of aldehydes is 1. The molecule has 0 radical (unpaired) electrons. The fourth-order valence-corrected chi connectivity index (χ4v) is 1.99. The average Bonchev–Trinajstić information content (AvgIpc) is 2.67. The molecule has 2 aromatic rings. The number of carbonyl (C=O) groups excluding carboxylic acids is 3. The fourth-order valence-electron chi connectivity index (χ4n) is 1.99. The van der Waals surface area contributed by atoms with Gasteiger partial charge in [-0.3, -0.25) is 9.59 Å². The summed E-state index contributed by atoms with van der Waals surface area (Å²) in [5.74, 6) is -0.885. The summed E-state index contributed by atoms with van der Waals surface area (Å²) in [7, 11) is 0. The van der Waals surface area contributed by atoms with Crippen LogP contribution < -0.4 is 10.1 Å². The van der Waals surface area contributed by atoms with Gasteiger partial charge in [0.1, 0.15) is 18.1 Å². The molecule has 1 amide bonds. The van der Waals surface area contributed by atoms with E-state index in [1.54, 1.807) is 48.5 Å². The predicted octanol–water partition coefficient (Wildman–Crippen LogP) is 2.32. The van der Waals surface area contributed by atoms with Crippen LogP contribution in [0.25, 0.3) is 0 Å². The highest BCUT2D eigenvalue weighted by atomic mass is 16.6. The molecular formula is C19H16N2O5. The van der Waals surface area contributed by atoms with E-state index in [2.05, 4.69) is 5.32 Å². The molecule has 1 atom stereocenters. The molecule has 0 unspecified atom stereocenters. The number of nitrogens with one attached hydrogen (secondary N) is 1. The Morgan fingerprint density at radius 3 is 2.54 bits per heavy atom. The molecule has 0 heterocycles. The summed E-state index contributed by atoms with van der Waals surface area (Å²) in [5, 5.41) is 11.5. The van der Waals surface area contributed by atoms with Crippen LogP contribution in [-0.2, 0) is 14.3 Å². The molecule has 26 heavy (non-hydrogen) atoms. The Morgan fingerprint density at radius 2 is 1.88 bits per heavy atom. The Hall–Kier alpha value is -3.66. The lowest BCUT2D eigenvalue weighted by Crippen LogP contribution is -2.31. The van der Waals surface area contributed by atoms with E-state index in [4.69, 9.17) is 14.7 Å². The zero-order valence-electron chi connectivity index (χ0n) is 14.0. The number of hydrogen-bond acceptors (Lipinski definition) is 6. The molecule has 0 saturated carbocycles. The Labute approximate surface area is 150 Å². The van der Waals surface area contributed by atoms with Crippen molar-refractivity contribution in [2.45, 2.75) is 13.0 Å². The van der Waals surface area contributed by atoms with E-state index in [0.29, 0.717) is 28.8 Å². The van der Waals surface area contributed by atoms with Crippen LogP contribution in [-0.4, -0.2) is 30.9 Å². The summed E-state index contributed by atoms with van der Waals surface area (Å²) >= 11 is 0. The monoisotopic (exact) mass is 352 g/mol. The molecule has 0 saturated heterocycles. The lowest BCUT2D eigenvalue weighted by molar-refractivity contribution is -0.155. The minimum atomic E-state index is -1.06. The number of benzene rings is 2. The Morgan fingerprint density at radius 1 is 1.19 bits per heavy atom. The molecule has 2 aromatic carbocycles. The molecule has 0 aliphatic rings. The average molecular weight is 352 g/mol. The largest absolute Gasteiger partial charge is 0.482 e. The first-order valence-corrected chi connectivity index (χ1v) is 7.71. The molecule has 0 aromatic heterocycles. The van der Waals surface area contributed by atoms with Crippen LogP contribution in [0.5, 0.6) is 5.75 Å². The number of rotatable bonds is 7. The Kier molecular flexibility index (Phi) is 6.46. The normalized spacial score (nSPS) is 10.9. The highest BCUT2D eigenvalue weighted by molar-refractivity contribution is 5.96. The SMILES string of the molecule is C[C@@H](OC(=O)COc1ccc(C=O)cc1)C(=O)Nc1ccccc1C#N. The van der Waals surface area contributed by atoms with Gasteiger partial charge in [-0.15, -0.1) is 0 Å². The van der Waals surface area contributed by atoms with Crippen LogP contribution in [0, 0.1) is 11.3 Å². The lowest BCUT2D eigenvalue weighted by atomic mass is 10.2. The van der Waals surface area contributed by atoms with Gasteiger partial charge in [0.15, 0.2) is 12.7 Å². The highest BCUT2D eigenvalue weighted by Gasteiger charge is 2.19. The van der Waals surface area contributed by atoms with Gasteiger partial charge in [0, 0.05) is 5.56 Å². The smallest absolute Gasteiger partial charge is 0.344 e. The molecule has 7 nitrogen and oxygen atoms in total. The summed E-state index contributed by atoms with van der Waals surface area (Å²) in [6.07, 6.45) is -0.363. The molecule has 0 fully saturated rings. The number of anilines is 1. The second kappa shape index (κ2) is 8.99. The number of esters is 1. The van der Waals surface area contributed by atoms with E-state index in [1.807, 2.05) is 6.07 Å². The third-order valence-electron chi connectivity index (χ3n) is 3.36. The van der Waals surface area contributed by atoms with E-state index >= 15 is 0 Å². The Bertz CT molecular complexity index is 840. The summed E-state index contributed by atoms with van der Waals surface area (Å²) in [6.45, 7) is 1.04. The van der Waals surface area contributed by atoms with Crippen LogP contribution >= 0.6 is 0 Å². The van der Waals surface area contributed by atoms with Gasteiger partial charge in [-0.25, -0.2) is 4.79 Å². The zero-order valence-corrected chi connectivity index (χ0v) is 14.0. The molecular weight excluding hydrogens is 336 g/mol. The minimum absolute atomic E-state index is 0.307. The van der Waals surface area contributed by atoms with E-state index in [1.165, 1.54) is 6.92 Å². The molecule has 2 rings (SSSR count). The number of ether oxygens (including phenoxy) is 2. The second-order valence-electron chi connectivity index (χ2n) is 5.25. The number of hydrogen-bond donors (Lipinski definition) is 1. The van der Waals surface area contributed by atoms with Gasteiger partial charge in [0.25, 0.3) is 5.91 Å². The van der Waals surface area contributed by atoms with Crippen molar-refractivity contribution in [1.82, 2.24) is 0 Å². The van der Waals surface area contributed by atoms with Crippen molar-refractivity contribution in [2.24, 2.45) is 0 Å². The molecule has 0 bridgehead atoms. The van der Waals surface area contributed by atoms with Crippen LogP contribution in [0.2, 0.25) is 0 Å². The summed E-state index contributed by atoms with van der Waals surface area (Å²) in [6, 6.07) is 14.7.